The van der Waals surface area contributed by atoms with E-state index in [-0.39, 0.29) is 12.1 Å². The number of anilines is 2. The lowest BCUT2D eigenvalue weighted by molar-refractivity contribution is 0.149. The van der Waals surface area contributed by atoms with E-state index < -0.39 is 0 Å². The van der Waals surface area contributed by atoms with Crippen LogP contribution in [0.15, 0.2) is 12.3 Å². The Kier molecular flexibility index (Phi) is 3.47. The molecule has 0 spiro atoms. The highest BCUT2D eigenvalue weighted by atomic mass is 16.3. The SMILES string of the molecule is CC1CCCC(CO)(Nc2nccc(N)n2)C1. The minimum absolute atomic E-state index is 0.107. The molecule has 0 aliphatic heterocycles. The van der Waals surface area contributed by atoms with E-state index in [1.165, 1.54) is 6.42 Å². The largest absolute Gasteiger partial charge is 0.394 e. The van der Waals surface area contributed by atoms with Crippen LogP contribution in [0.5, 0.6) is 0 Å². The van der Waals surface area contributed by atoms with Crippen LogP contribution in [0.1, 0.15) is 32.6 Å². The summed E-state index contributed by atoms with van der Waals surface area (Å²) in [5.74, 6) is 1.57. The van der Waals surface area contributed by atoms with E-state index in [1.807, 2.05) is 0 Å². The molecule has 5 heteroatoms. The van der Waals surface area contributed by atoms with Crippen LogP contribution in [0.25, 0.3) is 0 Å². The van der Waals surface area contributed by atoms with E-state index >= 15 is 0 Å². The van der Waals surface area contributed by atoms with Gasteiger partial charge >= 0.3 is 0 Å². The van der Waals surface area contributed by atoms with Gasteiger partial charge in [0.15, 0.2) is 0 Å². The Hall–Kier alpha value is -1.36. The van der Waals surface area contributed by atoms with Crippen LogP contribution in [-0.2, 0) is 0 Å². The van der Waals surface area contributed by atoms with Gasteiger partial charge in [0.1, 0.15) is 5.82 Å². The Morgan fingerprint density at radius 3 is 3.12 bits per heavy atom. The number of aliphatic hydroxyl groups excluding tert-OH is 1. The monoisotopic (exact) mass is 236 g/mol. The second kappa shape index (κ2) is 4.87. The van der Waals surface area contributed by atoms with E-state index in [9.17, 15) is 5.11 Å². The molecular weight excluding hydrogens is 216 g/mol. The highest BCUT2D eigenvalue weighted by Gasteiger charge is 2.34. The summed E-state index contributed by atoms with van der Waals surface area (Å²) in [5, 5.41) is 12.9. The third-order valence-electron chi connectivity index (χ3n) is 3.45. The predicted octanol–water partition coefficient (Wildman–Crippen LogP) is 1.41. The van der Waals surface area contributed by atoms with Crippen molar-refractivity contribution in [2.75, 3.05) is 17.7 Å². The molecule has 0 aromatic carbocycles. The maximum Gasteiger partial charge on any atom is 0.225 e. The van der Waals surface area contributed by atoms with Crippen molar-refractivity contribution >= 4 is 11.8 Å². The van der Waals surface area contributed by atoms with Gasteiger partial charge in [0.25, 0.3) is 0 Å². The predicted molar refractivity (Wildman–Crippen MR) is 67.5 cm³/mol. The van der Waals surface area contributed by atoms with Crippen molar-refractivity contribution in [1.29, 1.82) is 0 Å². The van der Waals surface area contributed by atoms with Crippen LogP contribution >= 0.6 is 0 Å². The van der Waals surface area contributed by atoms with Gasteiger partial charge in [-0.2, -0.15) is 4.98 Å². The van der Waals surface area contributed by atoms with Crippen molar-refractivity contribution < 1.29 is 5.11 Å². The fourth-order valence-electron chi connectivity index (χ4n) is 2.63. The maximum atomic E-state index is 9.64. The van der Waals surface area contributed by atoms with E-state index in [4.69, 9.17) is 5.73 Å². The Morgan fingerprint density at radius 1 is 1.65 bits per heavy atom. The van der Waals surface area contributed by atoms with Gasteiger partial charge in [0.05, 0.1) is 12.1 Å². The first-order chi connectivity index (χ1) is 8.13. The highest BCUT2D eigenvalue weighted by molar-refractivity contribution is 5.37. The second-order valence-corrected chi connectivity index (χ2v) is 5.07. The van der Waals surface area contributed by atoms with Crippen molar-refractivity contribution in [3.8, 4) is 0 Å². The normalized spacial score (nSPS) is 28.9. The fourth-order valence-corrected chi connectivity index (χ4v) is 2.63. The van der Waals surface area contributed by atoms with Gasteiger partial charge in [-0.25, -0.2) is 4.98 Å². The molecule has 17 heavy (non-hydrogen) atoms. The van der Waals surface area contributed by atoms with Gasteiger partial charge in [-0.05, 0) is 24.8 Å². The Morgan fingerprint density at radius 2 is 2.47 bits per heavy atom. The van der Waals surface area contributed by atoms with Crippen LogP contribution < -0.4 is 11.1 Å². The van der Waals surface area contributed by atoms with E-state index in [0.29, 0.717) is 17.7 Å². The van der Waals surface area contributed by atoms with Crippen LogP contribution in [0.3, 0.4) is 0 Å². The number of nitrogens with one attached hydrogen (secondary N) is 1. The summed E-state index contributed by atoms with van der Waals surface area (Å²) in [6, 6.07) is 1.65. The highest BCUT2D eigenvalue weighted by Crippen LogP contribution is 2.34. The molecule has 94 valence electrons. The molecule has 0 amide bonds. The summed E-state index contributed by atoms with van der Waals surface area (Å²) < 4.78 is 0. The van der Waals surface area contributed by atoms with Gasteiger partial charge in [0, 0.05) is 6.20 Å². The molecule has 0 bridgehead atoms. The molecule has 1 aliphatic rings. The number of hydrogen-bond acceptors (Lipinski definition) is 5. The van der Waals surface area contributed by atoms with Crippen molar-refractivity contribution in [3.05, 3.63) is 12.3 Å². The molecule has 1 fully saturated rings. The third kappa shape index (κ3) is 2.85. The van der Waals surface area contributed by atoms with Crippen LogP contribution in [0.2, 0.25) is 0 Å². The second-order valence-electron chi connectivity index (χ2n) is 5.07. The summed E-state index contributed by atoms with van der Waals surface area (Å²) in [6.45, 7) is 2.32. The Labute approximate surface area is 101 Å². The number of nitrogens with zero attached hydrogens (tertiary/aromatic N) is 2. The van der Waals surface area contributed by atoms with Crippen molar-refractivity contribution in [2.24, 2.45) is 5.92 Å². The van der Waals surface area contributed by atoms with Crippen molar-refractivity contribution in [3.63, 3.8) is 0 Å². The molecule has 2 rings (SSSR count). The molecule has 1 aliphatic carbocycles. The molecule has 0 saturated heterocycles. The van der Waals surface area contributed by atoms with Gasteiger partial charge in [-0.3, -0.25) is 0 Å². The van der Waals surface area contributed by atoms with E-state index in [2.05, 4.69) is 22.2 Å². The lowest BCUT2D eigenvalue weighted by Crippen LogP contribution is -2.46. The standard InChI is InChI=1S/C12H20N4O/c1-9-3-2-5-12(7-9,8-17)16-11-14-6-4-10(13)15-11/h4,6,9,17H,2-3,5,7-8H2,1H3,(H3,13,14,15,16). The van der Waals surface area contributed by atoms with Crippen molar-refractivity contribution in [1.82, 2.24) is 9.97 Å². The summed E-state index contributed by atoms with van der Waals surface area (Å²) in [6.07, 6.45) is 5.87. The van der Waals surface area contributed by atoms with Gasteiger partial charge in [0.2, 0.25) is 5.95 Å². The Bertz CT molecular complexity index is 385. The van der Waals surface area contributed by atoms with Gasteiger partial charge in [-0.15, -0.1) is 0 Å². The lowest BCUT2D eigenvalue weighted by Gasteiger charge is -2.39. The molecule has 2 atom stereocenters. The first-order valence-electron chi connectivity index (χ1n) is 6.11. The molecular formula is C12H20N4O. The van der Waals surface area contributed by atoms with E-state index in [0.717, 1.165) is 19.3 Å². The van der Waals surface area contributed by atoms with Crippen LogP contribution in [0.4, 0.5) is 11.8 Å². The summed E-state index contributed by atoms with van der Waals surface area (Å²) in [4.78, 5) is 8.27. The van der Waals surface area contributed by atoms with E-state index in [1.54, 1.807) is 12.3 Å². The van der Waals surface area contributed by atoms with Gasteiger partial charge < -0.3 is 16.2 Å². The molecule has 1 aromatic rings. The number of hydrogen-bond donors (Lipinski definition) is 3. The average Bonchev–Trinajstić information content (AvgIpc) is 2.29. The molecule has 0 radical (unpaired) electrons. The number of nitrogen functional groups attached to an aromatic ring is 1. The summed E-state index contributed by atoms with van der Waals surface area (Å²) in [5.41, 5.74) is 5.34. The topological polar surface area (TPSA) is 84.1 Å². The zero-order chi connectivity index (χ0) is 12.3. The molecule has 1 aromatic heterocycles. The van der Waals surface area contributed by atoms with Gasteiger partial charge in [-0.1, -0.05) is 19.8 Å². The fraction of sp³-hybridized carbons (Fsp3) is 0.667. The number of aliphatic hydroxyl groups is 1. The third-order valence-corrected chi connectivity index (χ3v) is 3.45. The Balaban J connectivity index is 2.13. The average molecular weight is 236 g/mol. The molecule has 1 saturated carbocycles. The van der Waals surface area contributed by atoms with Crippen LogP contribution in [0, 0.1) is 5.92 Å². The quantitative estimate of drug-likeness (QED) is 0.739. The molecule has 1 heterocycles. The smallest absolute Gasteiger partial charge is 0.225 e. The number of aromatic nitrogens is 2. The summed E-state index contributed by atoms with van der Waals surface area (Å²) in [7, 11) is 0. The first kappa shape index (κ1) is 12.1. The summed E-state index contributed by atoms with van der Waals surface area (Å²) >= 11 is 0. The maximum absolute atomic E-state index is 9.64. The molecule has 5 nitrogen and oxygen atoms in total. The zero-order valence-corrected chi connectivity index (χ0v) is 10.2. The molecule has 2 unspecified atom stereocenters. The first-order valence-corrected chi connectivity index (χ1v) is 6.11. The minimum atomic E-state index is -0.286. The molecule has 4 N–H and O–H groups in total. The number of nitrogens with two attached hydrogens (primary N) is 1. The zero-order valence-electron chi connectivity index (χ0n) is 10.2. The minimum Gasteiger partial charge on any atom is -0.394 e. The number of rotatable bonds is 3. The van der Waals surface area contributed by atoms with Crippen LogP contribution in [-0.4, -0.2) is 27.2 Å². The van der Waals surface area contributed by atoms with Crippen molar-refractivity contribution in [2.45, 2.75) is 38.1 Å². The lowest BCUT2D eigenvalue weighted by atomic mass is 9.77.